The first-order valence-electron chi connectivity index (χ1n) is 23.4. The summed E-state index contributed by atoms with van der Waals surface area (Å²) >= 11 is 0. The molecule has 0 bridgehead atoms. The molecule has 14 rings (SSSR count). The molecule has 0 saturated heterocycles. The Labute approximate surface area is 383 Å². The van der Waals surface area contributed by atoms with Gasteiger partial charge in [-0.2, -0.15) is 0 Å². The quantitative estimate of drug-likeness (QED) is 0.154. The van der Waals surface area contributed by atoms with Gasteiger partial charge in [-0.05, 0) is 116 Å². The zero-order chi connectivity index (χ0) is 44.9. The number of furan rings is 3. The maximum absolute atomic E-state index is 7.23. The molecule has 0 unspecified atom stereocenters. The van der Waals surface area contributed by atoms with Gasteiger partial charge in [-0.1, -0.05) is 129 Å². The van der Waals surface area contributed by atoms with Crippen LogP contribution in [0.25, 0.3) is 104 Å². The average Bonchev–Trinajstić information content (AvgIpc) is 4.04. The van der Waals surface area contributed by atoms with Gasteiger partial charge in [0.05, 0.1) is 16.4 Å². The van der Waals surface area contributed by atoms with Crippen LogP contribution in [0.15, 0.2) is 147 Å². The molecule has 0 radical (unpaired) electrons. The van der Waals surface area contributed by atoms with Crippen molar-refractivity contribution >= 4 is 117 Å². The highest BCUT2D eigenvalue weighted by Gasteiger charge is 2.47. The van der Waals surface area contributed by atoms with Crippen LogP contribution in [0.3, 0.4) is 0 Å². The lowest BCUT2D eigenvalue weighted by Crippen LogP contribution is -2.60. The minimum absolute atomic E-state index is 0.00396. The van der Waals surface area contributed by atoms with Gasteiger partial charge >= 0.3 is 6.85 Å². The Balaban J connectivity index is 1.22. The molecule has 320 valence electrons. The van der Waals surface area contributed by atoms with Gasteiger partial charge < -0.3 is 22.6 Å². The van der Waals surface area contributed by atoms with E-state index in [2.05, 4.69) is 205 Å². The van der Waals surface area contributed by atoms with Crippen molar-refractivity contribution in [1.29, 1.82) is 0 Å². The van der Waals surface area contributed by atoms with Crippen molar-refractivity contribution < 1.29 is 13.3 Å². The number of benzene rings is 8. The molecule has 0 N–H and O–H groups in total. The van der Waals surface area contributed by atoms with Gasteiger partial charge in [0.15, 0.2) is 0 Å². The number of para-hydroxylation sites is 2. The third-order valence-corrected chi connectivity index (χ3v) is 15.0. The van der Waals surface area contributed by atoms with Gasteiger partial charge in [-0.15, -0.1) is 0 Å². The Morgan fingerprint density at radius 3 is 1.74 bits per heavy atom. The number of nitrogens with zero attached hydrogens (tertiary/aromatic N) is 2. The summed E-state index contributed by atoms with van der Waals surface area (Å²) in [7, 11) is 0. The van der Waals surface area contributed by atoms with Gasteiger partial charge in [0.2, 0.25) is 0 Å². The first kappa shape index (κ1) is 38.1. The van der Waals surface area contributed by atoms with Crippen molar-refractivity contribution in [1.82, 2.24) is 4.57 Å². The molecule has 2 aliphatic rings. The minimum Gasteiger partial charge on any atom is -0.456 e. The predicted molar refractivity (Wildman–Crippen MR) is 278 cm³/mol. The molecule has 4 aromatic heterocycles. The van der Waals surface area contributed by atoms with E-state index in [1.165, 1.54) is 44.1 Å². The van der Waals surface area contributed by atoms with Crippen LogP contribution in [0.2, 0.25) is 0 Å². The Morgan fingerprint density at radius 1 is 0.439 bits per heavy atom. The number of rotatable bonds is 1. The molecule has 0 amide bonds. The second kappa shape index (κ2) is 12.4. The third-order valence-electron chi connectivity index (χ3n) is 15.0. The number of hydrogen-bond donors (Lipinski definition) is 0. The van der Waals surface area contributed by atoms with Crippen molar-refractivity contribution in [2.45, 2.75) is 78.6 Å². The lowest BCUT2D eigenvalue weighted by atomic mass is 9.43. The molecular formula is C60H49BN2O3. The molecule has 8 aromatic carbocycles. The smallest absolute Gasteiger partial charge is 0.333 e. The minimum atomic E-state index is -0.233. The molecule has 5 nitrogen and oxygen atoms in total. The van der Waals surface area contributed by atoms with E-state index < -0.39 is 0 Å². The number of hydrogen-bond acceptors (Lipinski definition) is 4. The van der Waals surface area contributed by atoms with Crippen molar-refractivity contribution in [3.05, 3.63) is 150 Å². The summed E-state index contributed by atoms with van der Waals surface area (Å²) in [6.45, 7) is 20.3. The largest absolute Gasteiger partial charge is 0.456 e. The summed E-state index contributed by atoms with van der Waals surface area (Å²) in [5.41, 5.74) is 19.6. The average molecular weight is 857 g/mol. The Hall–Kier alpha value is -7.18. The lowest BCUT2D eigenvalue weighted by Gasteiger charge is -2.42. The molecular weight excluding hydrogens is 807 g/mol. The van der Waals surface area contributed by atoms with Crippen LogP contribution in [-0.4, -0.2) is 11.4 Å². The van der Waals surface area contributed by atoms with Crippen molar-refractivity contribution in [2.75, 3.05) is 4.81 Å². The van der Waals surface area contributed by atoms with E-state index in [0.717, 1.165) is 99.3 Å². The summed E-state index contributed by atoms with van der Waals surface area (Å²) in [5, 5.41) is 9.04. The monoisotopic (exact) mass is 856 g/mol. The SMILES string of the molecule is CC(C)(C)c1ccc(N2B3c4cc5oc6ccccc6c5cc4-n4c5ccc(C(C)(C)C)cc5c5c6oc7ccccc7c6c(c3c54)-c3cc4oc5cc(C(C)(C)C)ccc5c4cc32)cc1. The van der Waals surface area contributed by atoms with Crippen molar-refractivity contribution in [2.24, 2.45) is 0 Å². The Kier molecular flexibility index (Phi) is 7.15. The van der Waals surface area contributed by atoms with Crippen LogP contribution >= 0.6 is 0 Å². The van der Waals surface area contributed by atoms with Gasteiger partial charge in [0.1, 0.15) is 33.5 Å². The fraction of sp³-hybridized carbons (Fsp3) is 0.200. The second-order valence-corrected chi connectivity index (χ2v) is 22.1. The molecule has 6 heteroatoms. The van der Waals surface area contributed by atoms with Gasteiger partial charge in [-0.3, -0.25) is 0 Å². The molecule has 0 fully saturated rings. The van der Waals surface area contributed by atoms with E-state index in [1.807, 2.05) is 0 Å². The molecule has 0 atom stereocenters. The Bertz CT molecular complexity index is 4120. The first-order valence-corrected chi connectivity index (χ1v) is 23.4. The van der Waals surface area contributed by atoms with Crippen molar-refractivity contribution in [3.8, 4) is 16.8 Å². The summed E-state index contributed by atoms with van der Waals surface area (Å²) in [4.78, 5) is 2.62. The normalized spacial score (nSPS) is 14.1. The molecule has 6 heterocycles. The van der Waals surface area contributed by atoms with Crippen LogP contribution in [0.4, 0.5) is 11.4 Å². The fourth-order valence-corrected chi connectivity index (χ4v) is 11.6. The molecule has 2 aliphatic heterocycles. The van der Waals surface area contributed by atoms with Crippen LogP contribution < -0.4 is 15.7 Å². The van der Waals surface area contributed by atoms with E-state index in [4.69, 9.17) is 13.3 Å². The maximum Gasteiger partial charge on any atom is 0.333 e. The summed E-state index contributed by atoms with van der Waals surface area (Å²) in [6.07, 6.45) is 0. The third kappa shape index (κ3) is 4.97. The highest BCUT2D eigenvalue weighted by Crippen LogP contribution is 2.53. The summed E-state index contributed by atoms with van der Waals surface area (Å²) in [5.74, 6) is 0. The molecule has 66 heavy (non-hydrogen) atoms. The zero-order valence-electron chi connectivity index (χ0n) is 38.9. The number of aromatic nitrogens is 1. The van der Waals surface area contributed by atoms with Crippen LogP contribution in [0.5, 0.6) is 0 Å². The number of fused-ring (bicyclic) bond motifs is 19. The van der Waals surface area contributed by atoms with E-state index in [0.29, 0.717) is 0 Å². The molecule has 0 saturated carbocycles. The van der Waals surface area contributed by atoms with E-state index in [9.17, 15) is 0 Å². The van der Waals surface area contributed by atoms with E-state index in [-0.39, 0.29) is 23.1 Å². The highest BCUT2D eigenvalue weighted by molar-refractivity contribution is 6.94. The van der Waals surface area contributed by atoms with Crippen molar-refractivity contribution in [3.63, 3.8) is 0 Å². The zero-order valence-corrected chi connectivity index (χ0v) is 38.9. The van der Waals surface area contributed by atoms with Crippen LogP contribution in [-0.2, 0) is 16.2 Å². The number of anilines is 2. The van der Waals surface area contributed by atoms with Gasteiger partial charge in [-0.25, -0.2) is 0 Å². The Morgan fingerprint density at radius 2 is 1.02 bits per heavy atom. The predicted octanol–water partition coefficient (Wildman–Crippen LogP) is 15.6. The summed E-state index contributed by atoms with van der Waals surface area (Å²) < 4.78 is 23.5. The standard InChI is InChI=1S/C60H49BN2O3/c1-58(2,3)32-18-22-35(23-19-32)63-45-28-39-37-24-20-34(60(7,8)9)27-49(37)65-50(39)30-42(45)52-53-38-15-11-13-17-48(38)66-57(53)54-41-26-33(59(4,5)6)21-25-44(41)62-46-29-40-36-14-10-12-16-47(36)64-51(40)31-43(46)61(63)55(52)56(54)62/h10-31H,1-9H3. The molecule has 0 aliphatic carbocycles. The van der Waals surface area contributed by atoms with Crippen LogP contribution in [0.1, 0.15) is 79.0 Å². The topological polar surface area (TPSA) is 47.6 Å². The van der Waals surface area contributed by atoms with E-state index in [1.54, 1.807) is 0 Å². The maximum atomic E-state index is 7.23. The highest BCUT2D eigenvalue weighted by atomic mass is 16.3. The van der Waals surface area contributed by atoms with Crippen LogP contribution in [0, 0.1) is 0 Å². The lowest BCUT2D eigenvalue weighted by molar-refractivity contribution is 0.587. The molecule has 0 spiro atoms. The second-order valence-electron chi connectivity index (χ2n) is 22.1. The molecule has 12 aromatic rings. The first-order chi connectivity index (χ1) is 31.6. The fourth-order valence-electron chi connectivity index (χ4n) is 11.6. The van der Waals surface area contributed by atoms with E-state index >= 15 is 0 Å². The van der Waals surface area contributed by atoms with Gasteiger partial charge in [0, 0.05) is 60.3 Å². The summed E-state index contributed by atoms with van der Waals surface area (Å²) in [6, 6.07) is 49.7. The van der Waals surface area contributed by atoms with Gasteiger partial charge in [0.25, 0.3) is 0 Å².